The highest BCUT2D eigenvalue weighted by Gasteiger charge is 2.06. The van der Waals surface area contributed by atoms with Gasteiger partial charge in [0.2, 0.25) is 0 Å². The van der Waals surface area contributed by atoms with Crippen LogP contribution in [0.25, 0.3) is 0 Å². The summed E-state index contributed by atoms with van der Waals surface area (Å²) in [5.41, 5.74) is 0. The van der Waals surface area contributed by atoms with Crippen LogP contribution in [0, 0.1) is 0 Å². The number of hydrogen-bond acceptors (Lipinski definition) is 4. The Kier molecular flexibility index (Phi) is 5.54. The number of hydrogen-bond donors (Lipinski definition) is 1. The van der Waals surface area contributed by atoms with E-state index in [-0.39, 0.29) is 0 Å². The van der Waals surface area contributed by atoms with E-state index >= 15 is 0 Å². The molecule has 1 rings (SSSR count). The lowest BCUT2D eigenvalue weighted by molar-refractivity contribution is 0.293. The Morgan fingerprint density at radius 3 is 3.00 bits per heavy atom. The fourth-order valence-corrected chi connectivity index (χ4v) is 1.90. The average Bonchev–Trinajstić information content (AvgIpc) is 2.32. The van der Waals surface area contributed by atoms with Gasteiger partial charge >= 0.3 is 0 Å². The minimum atomic E-state index is -1.87. The van der Waals surface area contributed by atoms with Crippen LogP contribution in [0.2, 0.25) is 0 Å². The predicted octanol–water partition coefficient (Wildman–Crippen LogP) is -0.449. The molecule has 0 aromatic heterocycles. The molecule has 1 aliphatic rings. The number of rotatable bonds is 4. The SMILES string of the molecule is O=S([O-])CCCN1CCCNCC1. The Morgan fingerprint density at radius 2 is 2.23 bits per heavy atom. The van der Waals surface area contributed by atoms with Gasteiger partial charge in [0.25, 0.3) is 0 Å². The molecule has 0 saturated carbocycles. The van der Waals surface area contributed by atoms with Crippen molar-refractivity contribution >= 4 is 11.1 Å². The van der Waals surface area contributed by atoms with E-state index in [1.165, 1.54) is 6.42 Å². The van der Waals surface area contributed by atoms with Gasteiger partial charge in [-0.25, -0.2) is 0 Å². The van der Waals surface area contributed by atoms with Crippen molar-refractivity contribution in [1.82, 2.24) is 10.2 Å². The lowest BCUT2D eigenvalue weighted by Crippen LogP contribution is -2.29. The van der Waals surface area contributed by atoms with Crippen molar-refractivity contribution in [2.45, 2.75) is 12.8 Å². The van der Waals surface area contributed by atoms with Gasteiger partial charge in [-0.05, 0) is 32.5 Å². The zero-order chi connectivity index (χ0) is 9.52. The zero-order valence-electron chi connectivity index (χ0n) is 7.83. The van der Waals surface area contributed by atoms with E-state index < -0.39 is 11.1 Å². The molecular weight excluding hydrogens is 188 g/mol. The van der Waals surface area contributed by atoms with Crippen molar-refractivity contribution < 1.29 is 8.76 Å². The fraction of sp³-hybridized carbons (Fsp3) is 1.00. The average molecular weight is 205 g/mol. The summed E-state index contributed by atoms with van der Waals surface area (Å²) >= 11 is -1.87. The van der Waals surface area contributed by atoms with Crippen molar-refractivity contribution in [3.8, 4) is 0 Å². The van der Waals surface area contributed by atoms with Crippen LogP contribution in [-0.4, -0.2) is 52.1 Å². The minimum Gasteiger partial charge on any atom is -0.772 e. The smallest absolute Gasteiger partial charge is 0.0114 e. The van der Waals surface area contributed by atoms with E-state index in [0.717, 1.165) is 39.1 Å². The molecule has 5 heteroatoms. The highest BCUT2D eigenvalue weighted by molar-refractivity contribution is 7.79. The monoisotopic (exact) mass is 205 g/mol. The van der Waals surface area contributed by atoms with Gasteiger partial charge < -0.3 is 14.8 Å². The summed E-state index contributed by atoms with van der Waals surface area (Å²) in [7, 11) is 0. The molecule has 1 fully saturated rings. The molecule has 1 aliphatic heterocycles. The summed E-state index contributed by atoms with van der Waals surface area (Å²) in [6.45, 7) is 5.17. The Balaban J connectivity index is 2.08. The van der Waals surface area contributed by atoms with Crippen LogP contribution < -0.4 is 5.32 Å². The van der Waals surface area contributed by atoms with Gasteiger partial charge in [-0.3, -0.25) is 4.21 Å². The second-order valence-electron chi connectivity index (χ2n) is 3.31. The van der Waals surface area contributed by atoms with E-state index in [4.69, 9.17) is 0 Å². The molecule has 0 spiro atoms. The van der Waals surface area contributed by atoms with Crippen molar-refractivity contribution in [2.75, 3.05) is 38.5 Å². The lowest BCUT2D eigenvalue weighted by atomic mass is 10.3. The molecule has 13 heavy (non-hydrogen) atoms. The maximum Gasteiger partial charge on any atom is 0.0114 e. The summed E-state index contributed by atoms with van der Waals surface area (Å²) in [5, 5.41) is 3.31. The molecule has 78 valence electrons. The number of nitrogens with one attached hydrogen (secondary N) is 1. The Hall–Kier alpha value is 0.0300. The lowest BCUT2D eigenvalue weighted by Gasteiger charge is -2.19. The Labute approximate surface area is 82.0 Å². The molecule has 0 bridgehead atoms. The van der Waals surface area contributed by atoms with E-state index in [1.54, 1.807) is 0 Å². The van der Waals surface area contributed by atoms with Gasteiger partial charge in [0.05, 0.1) is 0 Å². The molecule has 0 amide bonds. The molecule has 1 heterocycles. The van der Waals surface area contributed by atoms with Gasteiger partial charge in [0.1, 0.15) is 0 Å². The molecule has 0 aliphatic carbocycles. The molecule has 0 aromatic rings. The van der Waals surface area contributed by atoms with Crippen LogP contribution in [0.4, 0.5) is 0 Å². The van der Waals surface area contributed by atoms with E-state index in [1.807, 2.05) is 0 Å². The molecule has 1 atom stereocenters. The molecule has 1 N–H and O–H groups in total. The summed E-state index contributed by atoms with van der Waals surface area (Å²) in [5.74, 6) is 0.296. The first-order valence-corrected chi connectivity index (χ1v) is 6.02. The van der Waals surface area contributed by atoms with Crippen molar-refractivity contribution in [3.63, 3.8) is 0 Å². The van der Waals surface area contributed by atoms with Crippen LogP contribution >= 0.6 is 0 Å². The molecule has 1 unspecified atom stereocenters. The first kappa shape index (κ1) is 11.1. The van der Waals surface area contributed by atoms with Crippen LogP contribution in [0.15, 0.2) is 0 Å². The highest BCUT2D eigenvalue weighted by Crippen LogP contribution is 1.97. The van der Waals surface area contributed by atoms with E-state index in [0.29, 0.717) is 5.75 Å². The van der Waals surface area contributed by atoms with E-state index in [2.05, 4.69) is 10.2 Å². The molecule has 1 saturated heterocycles. The quantitative estimate of drug-likeness (QED) is 0.632. The first-order chi connectivity index (χ1) is 6.29. The van der Waals surface area contributed by atoms with Gasteiger partial charge in [0, 0.05) is 18.8 Å². The second-order valence-corrected chi connectivity index (χ2v) is 4.32. The first-order valence-electron chi connectivity index (χ1n) is 4.78. The van der Waals surface area contributed by atoms with Gasteiger partial charge in [-0.15, -0.1) is 0 Å². The van der Waals surface area contributed by atoms with E-state index in [9.17, 15) is 8.76 Å². The van der Waals surface area contributed by atoms with Crippen LogP contribution in [0.1, 0.15) is 12.8 Å². The van der Waals surface area contributed by atoms with Crippen molar-refractivity contribution in [1.29, 1.82) is 0 Å². The fourth-order valence-electron chi connectivity index (χ4n) is 1.53. The minimum absolute atomic E-state index is 0.296. The maximum atomic E-state index is 10.3. The van der Waals surface area contributed by atoms with Crippen molar-refractivity contribution in [2.24, 2.45) is 0 Å². The van der Waals surface area contributed by atoms with Gasteiger partial charge in [-0.1, -0.05) is 11.1 Å². The molecule has 4 nitrogen and oxygen atoms in total. The third kappa shape index (κ3) is 5.36. The van der Waals surface area contributed by atoms with Crippen LogP contribution in [-0.2, 0) is 11.1 Å². The van der Waals surface area contributed by atoms with Crippen LogP contribution in [0.5, 0.6) is 0 Å². The zero-order valence-corrected chi connectivity index (χ0v) is 8.65. The summed E-state index contributed by atoms with van der Waals surface area (Å²) < 4.78 is 20.6. The molecule has 0 aromatic carbocycles. The standard InChI is InChI=1S/C8H18N2O2S/c11-13(12)8-2-6-10-5-1-3-9-4-7-10/h9H,1-8H2,(H,11,12)/p-1. The Morgan fingerprint density at radius 1 is 1.38 bits per heavy atom. The summed E-state index contributed by atoms with van der Waals surface area (Å²) in [4.78, 5) is 2.33. The Bertz CT molecular complexity index is 158. The predicted molar refractivity (Wildman–Crippen MR) is 52.3 cm³/mol. The second kappa shape index (κ2) is 6.48. The van der Waals surface area contributed by atoms with Gasteiger partial charge in [-0.2, -0.15) is 0 Å². The number of nitrogens with zero attached hydrogens (tertiary/aromatic N) is 1. The third-order valence-corrected chi connectivity index (χ3v) is 2.84. The summed E-state index contributed by atoms with van der Waals surface area (Å²) in [6, 6.07) is 0. The molecular formula is C8H17N2O2S-. The topological polar surface area (TPSA) is 55.4 Å². The summed E-state index contributed by atoms with van der Waals surface area (Å²) in [6.07, 6.45) is 1.93. The maximum absolute atomic E-state index is 10.3. The highest BCUT2D eigenvalue weighted by atomic mass is 32.2. The molecule has 0 radical (unpaired) electrons. The van der Waals surface area contributed by atoms with Gasteiger partial charge in [0.15, 0.2) is 0 Å². The van der Waals surface area contributed by atoms with Crippen LogP contribution in [0.3, 0.4) is 0 Å². The third-order valence-electron chi connectivity index (χ3n) is 2.22. The van der Waals surface area contributed by atoms with Crippen molar-refractivity contribution in [3.05, 3.63) is 0 Å². The largest absolute Gasteiger partial charge is 0.772 e. The normalized spacial score (nSPS) is 22.5.